The second-order valence-corrected chi connectivity index (χ2v) is 4.08. The van der Waals surface area contributed by atoms with Crippen LogP contribution in [-0.2, 0) is 4.79 Å². The van der Waals surface area contributed by atoms with Crippen LogP contribution in [0.2, 0.25) is 6.32 Å². The highest BCUT2D eigenvalue weighted by Gasteiger charge is 2.45. The third-order valence-electron chi connectivity index (χ3n) is 3.18. The van der Waals surface area contributed by atoms with Crippen LogP contribution >= 0.6 is 0 Å². The van der Waals surface area contributed by atoms with E-state index in [9.17, 15) is 4.79 Å². The first kappa shape index (κ1) is 10.6. The van der Waals surface area contributed by atoms with E-state index in [1.54, 1.807) is 0 Å². The molecule has 0 amide bonds. The van der Waals surface area contributed by atoms with Crippen molar-refractivity contribution in [2.75, 3.05) is 0 Å². The Kier molecular flexibility index (Phi) is 3.36. The highest BCUT2D eigenvalue weighted by atomic mass is 16.4. The first-order chi connectivity index (χ1) is 6.11. The molecule has 3 nitrogen and oxygen atoms in total. The van der Waals surface area contributed by atoms with E-state index in [-0.39, 0.29) is 5.92 Å². The molecule has 0 aromatic rings. The summed E-state index contributed by atoms with van der Waals surface area (Å²) >= 11 is 0. The van der Waals surface area contributed by atoms with E-state index in [1.165, 1.54) is 0 Å². The molecule has 4 heteroatoms. The molecule has 0 heterocycles. The van der Waals surface area contributed by atoms with Crippen LogP contribution in [0.1, 0.15) is 32.1 Å². The standard InChI is InChI=1S/C9H18BNO2/c10-6-2-4-7-3-1-5-9(7,11)8(12)13/h7H,1-6,10-11H2,(H,12,13)/t7-,9+/m1/s1. The maximum absolute atomic E-state index is 11.0. The fraction of sp³-hybridized carbons (Fsp3) is 0.889. The van der Waals surface area contributed by atoms with Crippen molar-refractivity contribution in [2.45, 2.75) is 44.0 Å². The molecule has 1 fully saturated rings. The molecular weight excluding hydrogens is 165 g/mol. The molecule has 3 N–H and O–H groups in total. The van der Waals surface area contributed by atoms with Gasteiger partial charge in [-0.05, 0) is 25.2 Å². The van der Waals surface area contributed by atoms with E-state index in [4.69, 9.17) is 10.8 Å². The number of rotatable bonds is 4. The average Bonchev–Trinajstić information content (AvgIpc) is 2.45. The minimum Gasteiger partial charge on any atom is -0.480 e. The Morgan fingerprint density at radius 3 is 2.92 bits per heavy atom. The summed E-state index contributed by atoms with van der Waals surface area (Å²) in [5, 5.41) is 9.02. The second kappa shape index (κ2) is 4.14. The summed E-state index contributed by atoms with van der Waals surface area (Å²) < 4.78 is 0. The smallest absolute Gasteiger partial charge is 0.323 e. The van der Waals surface area contributed by atoms with Crippen molar-refractivity contribution in [2.24, 2.45) is 11.7 Å². The van der Waals surface area contributed by atoms with Crippen LogP contribution in [-0.4, -0.2) is 24.5 Å². The summed E-state index contributed by atoms with van der Waals surface area (Å²) in [5.41, 5.74) is 4.97. The fourth-order valence-electron chi connectivity index (χ4n) is 2.24. The van der Waals surface area contributed by atoms with E-state index in [0.29, 0.717) is 6.42 Å². The largest absolute Gasteiger partial charge is 0.480 e. The summed E-state index contributed by atoms with van der Waals surface area (Å²) in [6.45, 7) is 0. The molecule has 1 rings (SSSR count). The van der Waals surface area contributed by atoms with Crippen molar-refractivity contribution in [3.05, 3.63) is 0 Å². The second-order valence-electron chi connectivity index (χ2n) is 4.08. The van der Waals surface area contributed by atoms with E-state index in [2.05, 4.69) is 7.85 Å². The topological polar surface area (TPSA) is 63.3 Å². The molecule has 74 valence electrons. The maximum Gasteiger partial charge on any atom is 0.323 e. The van der Waals surface area contributed by atoms with Crippen LogP contribution in [0.15, 0.2) is 0 Å². The summed E-state index contributed by atoms with van der Waals surface area (Å²) in [6, 6.07) is 0. The molecule has 0 unspecified atom stereocenters. The molecule has 0 bridgehead atoms. The molecule has 0 spiro atoms. The van der Waals surface area contributed by atoms with Gasteiger partial charge in [-0.25, -0.2) is 0 Å². The van der Waals surface area contributed by atoms with Gasteiger partial charge in [-0.3, -0.25) is 4.79 Å². The Hall–Kier alpha value is -0.505. The Morgan fingerprint density at radius 2 is 2.38 bits per heavy atom. The van der Waals surface area contributed by atoms with Crippen molar-refractivity contribution in [3.63, 3.8) is 0 Å². The highest BCUT2D eigenvalue weighted by Crippen LogP contribution is 2.37. The zero-order valence-corrected chi connectivity index (χ0v) is 8.25. The minimum absolute atomic E-state index is 0.199. The summed E-state index contributed by atoms with van der Waals surface area (Å²) in [7, 11) is 2.12. The molecular formula is C9H18BNO2. The molecule has 0 aromatic carbocycles. The molecule has 2 atom stereocenters. The Bertz CT molecular complexity index is 198. The molecule has 0 saturated heterocycles. The third-order valence-corrected chi connectivity index (χ3v) is 3.18. The van der Waals surface area contributed by atoms with Gasteiger partial charge in [0.05, 0.1) is 0 Å². The van der Waals surface area contributed by atoms with Gasteiger partial charge < -0.3 is 10.8 Å². The van der Waals surface area contributed by atoms with Gasteiger partial charge in [0, 0.05) is 0 Å². The van der Waals surface area contributed by atoms with Crippen LogP contribution in [0.3, 0.4) is 0 Å². The molecule has 0 aromatic heterocycles. The Morgan fingerprint density at radius 1 is 1.69 bits per heavy atom. The van der Waals surface area contributed by atoms with E-state index < -0.39 is 11.5 Å². The van der Waals surface area contributed by atoms with Gasteiger partial charge in [0.15, 0.2) is 0 Å². The zero-order chi connectivity index (χ0) is 9.90. The molecule has 1 aliphatic carbocycles. The number of carboxylic acids is 1. The highest BCUT2D eigenvalue weighted by molar-refractivity contribution is 6.08. The lowest BCUT2D eigenvalue weighted by Gasteiger charge is -2.26. The lowest BCUT2D eigenvalue weighted by Crippen LogP contribution is -2.50. The third kappa shape index (κ3) is 2.05. The van der Waals surface area contributed by atoms with Crippen molar-refractivity contribution >= 4 is 13.8 Å². The van der Waals surface area contributed by atoms with Crippen LogP contribution in [0, 0.1) is 5.92 Å². The van der Waals surface area contributed by atoms with Crippen LogP contribution < -0.4 is 5.73 Å². The van der Waals surface area contributed by atoms with E-state index in [0.717, 1.165) is 32.0 Å². The summed E-state index contributed by atoms with van der Waals surface area (Å²) in [4.78, 5) is 11.0. The van der Waals surface area contributed by atoms with Crippen molar-refractivity contribution < 1.29 is 9.90 Å². The van der Waals surface area contributed by atoms with Gasteiger partial charge >= 0.3 is 5.97 Å². The van der Waals surface area contributed by atoms with Crippen LogP contribution in [0.5, 0.6) is 0 Å². The van der Waals surface area contributed by atoms with Crippen molar-refractivity contribution in [1.29, 1.82) is 0 Å². The maximum atomic E-state index is 11.0. The average molecular weight is 183 g/mol. The monoisotopic (exact) mass is 183 g/mol. The number of carboxylic acid groups (broad SMARTS) is 1. The first-order valence-electron chi connectivity index (χ1n) is 5.13. The number of hydrogen-bond acceptors (Lipinski definition) is 2. The lowest BCUT2D eigenvalue weighted by molar-refractivity contribution is -0.144. The lowest BCUT2D eigenvalue weighted by atomic mass is 9.83. The summed E-state index contributed by atoms with van der Waals surface area (Å²) in [6.07, 6.45) is 5.79. The molecule has 1 aliphatic rings. The quantitative estimate of drug-likeness (QED) is 0.620. The van der Waals surface area contributed by atoms with Gasteiger partial charge in [-0.2, -0.15) is 0 Å². The fourth-order valence-corrected chi connectivity index (χ4v) is 2.24. The normalized spacial score (nSPS) is 33.5. The molecule has 0 radical (unpaired) electrons. The van der Waals surface area contributed by atoms with E-state index >= 15 is 0 Å². The minimum atomic E-state index is -0.921. The van der Waals surface area contributed by atoms with Gasteiger partial charge in [0.2, 0.25) is 0 Å². The van der Waals surface area contributed by atoms with Crippen molar-refractivity contribution in [1.82, 2.24) is 0 Å². The van der Waals surface area contributed by atoms with Crippen molar-refractivity contribution in [3.8, 4) is 0 Å². The van der Waals surface area contributed by atoms with Crippen LogP contribution in [0.4, 0.5) is 0 Å². The number of aliphatic carboxylic acids is 1. The number of nitrogens with two attached hydrogens (primary N) is 1. The molecule has 1 saturated carbocycles. The van der Waals surface area contributed by atoms with Gasteiger partial charge in [-0.15, -0.1) is 0 Å². The number of carbonyl (C=O) groups is 1. The zero-order valence-electron chi connectivity index (χ0n) is 8.25. The predicted molar refractivity (Wildman–Crippen MR) is 54.5 cm³/mol. The molecule has 0 aliphatic heterocycles. The predicted octanol–water partition coefficient (Wildman–Crippen LogP) is 0.400. The first-order valence-corrected chi connectivity index (χ1v) is 5.13. The van der Waals surface area contributed by atoms with Gasteiger partial charge in [-0.1, -0.05) is 19.2 Å². The van der Waals surface area contributed by atoms with Gasteiger partial charge in [0.1, 0.15) is 13.4 Å². The van der Waals surface area contributed by atoms with Crippen LogP contribution in [0.25, 0.3) is 0 Å². The number of hydrogen-bond donors (Lipinski definition) is 2. The Balaban J connectivity index is 2.57. The summed E-state index contributed by atoms with van der Waals surface area (Å²) in [5.74, 6) is -0.615. The Labute approximate surface area is 80.1 Å². The molecule has 13 heavy (non-hydrogen) atoms. The van der Waals surface area contributed by atoms with E-state index in [1.807, 2.05) is 0 Å². The van der Waals surface area contributed by atoms with Gasteiger partial charge in [0.25, 0.3) is 0 Å². The SMILES string of the molecule is BCCC[C@H]1CCC[C@@]1(N)C(=O)O.